The maximum Gasteiger partial charge on any atom is 0.122 e. The molecule has 3 rings (SSSR count). The molecule has 1 unspecified atom stereocenters. The van der Waals surface area contributed by atoms with Crippen molar-refractivity contribution in [1.82, 2.24) is 15.1 Å². The Morgan fingerprint density at radius 1 is 1.24 bits per heavy atom. The molecule has 1 atom stereocenters. The Labute approximate surface area is 128 Å². The van der Waals surface area contributed by atoms with E-state index < -0.39 is 0 Å². The van der Waals surface area contributed by atoms with Crippen LogP contribution in [-0.4, -0.2) is 55.1 Å². The number of nitrogens with one attached hydrogen (secondary N) is 1. The molecule has 118 valence electrons. The van der Waals surface area contributed by atoms with Gasteiger partial charge in [-0.25, -0.2) is 0 Å². The summed E-state index contributed by atoms with van der Waals surface area (Å²) in [4.78, 5) is 5.12. The first-order valence-electron chi connectivity index (χ1n) is 8.60. The molecule has 0 aromatic carbocycles. The van der Waals surface area contributed by atoms with Crippen molar-refractivity contribution in [3.63, 3.8) is 0 Å². The summed E-state index contributed by atoms with van der Waals surface area (Å²) in [5, 5.41) is 3.80. The van der Waals surface area contributed by atoms with Crippen LogP contribution in [0.15, 0.2) is 22.8 Å². The van der Waals surface area contributed by atoms with Crippen molar-refractivity contribution in [2.24, 2.45) is 0 Å². The van der Waals surface area contributed by atoms with Gasteiger partial charge < -0.3 is 14.6 Å². The van der Waals surface area contributed by atoms with Gasteiger partial charge in [-0.3, -0.25) is 4.90 Å². The Balaban J connectivity index is 1.53. The first-order valence-corrected chi connectivity index (χ1v) is 8.60. The van der Waals surface area contributed by atoms with E-state index in [-0.39, 0.29) is 0 Å². The van der Waals surface area contributed by atoms with Crippen LogP contribution >= 0.6 is 0 Å². The van der Waals surface area contributed by atoms with E-state index in [1.165, 1.54) is 58.4 Å². The molecule has 2 fully saturated rings. The molecular weight excluding hydrogens is 262 g/mol. The number of hydrogen-bond acceptors (Lipinski definition) is 4. The molecule has 0 saturated carbocycles. The summed E-state index contributed by atoms with van der Waals surface area (Å²) in [5.41, 5.74) is 0. The van der Waals surface area contributed by atoms with E-state index in [1.54, 1.807) is 6.26 Å². The van der Waals surface area contributed by atoms with Gasteiger partial charge in [0.2, 0.25) is 0 Å². The highest BCUT2D eigenvalue weighted by molar-refractivity contribution is 5.06. The first kappa shape index (κ1) is 15.1. The third-order valence-corrected chi connectivity index (χ3v) is 5.09. The highest BCUT2D eigenvalue weighted by Gasteiger charge is 2.26. The molecule has 4 nitrogen and oxygen atoms in total. The highest BCUT2D eigenvalue weighted by atomic mass is 16.3. The zero-order chi connectivity index (χ0) is 14.5. The van der Waals surface area contributed by atoms with Crippen LogP contribution in [0.5, 0.6) is 0 Å². The Bertz CT molecular complexity index is 392. The lowest BCUT2D eigenvalue weighted by atomic mass is 10.0. The summed E-state index contributed by atoms with van der Waals surface area (Å²) in [5.74, 6) is 1.12. The van der Waals surface area contributed by atoms with Crippen LogP contribution in [0.1, 0.15) is 44.4 Å². The fraction of sp³-hybridized carbons (Fsp3) is 0.765. The molecule has 0 aliphatic carbocycles. The molecule has 0 spiro atoms. The van der Waals surface area contributed by atoms with Crippen LogP contribution in [0.4, 0.5) is 0 Å². The second-order valence-electron chi connectivity index (χ2n) is 6.39. The van der Waals surface area contributed by atoms with Crippen LogP contribution in [0.2, 0.25) is 0 Å². The molecular formula is C17H29N3O. The van der Waals surface area contributed by atoms with Crippen LogP contribution < -0.4 is 5.32 Å². The predicted molar refractivity (Wildman–Crippen MR) is 85.4 cm³/mol. The zero-order valence-electron chi connectivity index (χ0n) is 13.3. The quantitative estimate of drug-likeness (QED) is 0.872. The SMILES string of the molecule is CCN1CCC(NCC(c2ccco2)N2CCCC2)CC1. The summed E-state index contributed by atoms with van der Waals surface area (Å²) in [6.07, 6.45) is 7.01. The normalized spacial score (nSPS) is 23.7. The minimum Gasteiger partial charge on any atom is -0.468 e. The van der Waals surface area contributed by atoms with Crippen LogP contribution in [0.3, 0.4) is 0 Å². The van der Waals surface area contributed by atoms with Gasteiger partial charge in [-0.05, 0) is 70.5 Å². The minimum atomic E-state index is 0.409. The topological polar surface area (TPSA) is 31.6 Å². The van der Waals surface area contributed by atoms with Crippen molar-refractivity contribution in [2.75, 3.05) is 39.3 Å². The summed E-state index contributed by atoms with van der Waals surface area (Å²) >= 11 is 0. The van der Waals surface area contributed by atoms with Gasteiger partial charge in [0.1, 0.15) is 5.76 Å². The molecule has 2 saturated heterocycles. The van der Waals surface area contributed by atoms with Crippen molar-refractivity contribution in [1.29, 1.82) is 0 Å². The van der Waals surface area contributed by atoms with Gasteiger partial charge in [-0.15, -0.1) is 0 Å². The number of rotatable bonds is 6. The van der Waals surface area contributed by atoms with Gasteiger partial charge in [0.15, 0.2) is 0 Å². The minimum absolute atomic E-state index is 0.409. The van der Waals surface area contributed by atoms with Gasteiger partial charge in [0.25, 0.3) is 0 Å². The third-order valence-electron chi connectivity index (χ3n) is 5.09. The Morgan fingerprint density at radius 2 is 2.00 bits per heavy atom. The van der Waals surface area contributed by atoms with E-state index in [9.17, 15) is 0 Å². The van der Waals surface area contributed by atoms with Crippen molar-refractivity contribution in [3.8, 4) is 0 Å². The fourth-order valence-electron chi connectivity index (χ4n) is 3.68. The van der Waals surface area contributed by atoms with Gasteiger partial charge >= 0.3 is 0 Å². The number of hydrogen-bond donors (Lipinski definition) is 1. The molecule has 0 radical (unpaired) electrons. The maximum absolute atomic E-state index is 5.69. The average Bonchev–Trinajstić information content (AvgIpc) is 3.22. The molecule has 1 aromatic heterocycles. The van der Waals surface area contributed by atoms with Crippen molar-refractivity contribution in [3.05, 3.63) is 24.2 Å². The molecule has 1 aromatic rings. The molecule has 2 aliphatic heterocycles. The van der Waals surface area contributed by atoms with Crippen LogP contribution in [-0.2, 0) is 0 Å². The van der Waals surface area contributed by atoms with Crippen LogP contribution in [0, 0.1) is 0 Å². The van der Waals surface area contributed by atoms with E-state index in [2.05, 4.69) is 28.1 Å². The van der Waals surface area contributed by atoms with Gasteiger partial charge in [0.05, 0.1) is 12.3 Å². The Morgan fingerprint density at radius 3 is 2.62 bits per heavy atom. The molecule has 0 bridgehead atoms. The van der Waals surface area contributed by atoms with Crippen molar-refractivity contribution in [2.45, 2.75) is 44.7 Å². The molecule has 0 amide bonds. The monoisotopic (exact) mass is 291 g/mol. The Hall–Kier alpha value is -0.840. The van der Waals surface area contributed by atoms with E-state index in [0.29, 0.717) is 12.1 Å². The van der Waals surface area contributed by atoms with Crippen molar-refractivity contribution < 1.29 is 4.42 Å². The summed E-state index contributed by atoms with van der Waals surface area (Å²) in [6, 6.07) is 5.22. The Kier molecular flexibility index (Phi) is 5.33. The smallest absolute Gasteiger partial charge is 0.122 e. The summed E-state index contributed by atoms with van der Waals surface area (Å²) < 4.78 is 5.69. The first-order chi connectivity index (χ1) is 10.4. The average molecular weight is 291 g/mol. The zero-order valence-corrected chi connectivity index (χ0v) is 13.3. The van der Waals surface area contributed by atoms with Gasteiger partial charge in [0, 0.05) is 12.6 Å². The maximum atomic E-state index is 5.69. The second-order valence-corrected chi connectivity index (χ2v) is 6.39. The molecule has 4 heteroatoms. The largest absolute Gasteiger partial charge is 0.468 e. The lowest BCUT2D eigenvalue weighted by molar-refractivity contribution is 0.176. The standard InChI is InChI=1S/C17H29N3O/c1-2-19-11-7-15(8-12-19)18-14-16(17-6-5-13-21-17)20-9-3-4-10-20/h5-6,13,15-16,18H,2-4,7-12,14H2,1H3. The van der Waals surface area contributed by atoms with Gasteiger partial charge in [-0.2, -0.15) is 0 Å². The lowest BCUT2D eigenvalue weighted by Gasteiger charge is -2.33. The molecule has 1 N–H and O–H groups in total. The van der Waals surface area contributed by atoms with Crippen molar-refractivity contribution >= 4 is 0 Å². The molecule has 21 heavy (non-hydrogen) atoms. The number of furan rings is 1. The van der Waals surface area contributed by atoms with Gasteiger partial charge in [-0.1, -0.05) is 6.92 Å². The number of likely N-dealkylation sites (tertiary alicyclic amines) is 2. The van der Waals surface area contributed by atoms with E-state index in [4.69, 9.17) is 4.42 Å². The number of piperidine rings is 1. The fourth-order valence-corrected chi connectivity index (χ4v) is 3.68. The summed E-state index contributed by atoms with van der Waals surface area (Å²) in [7, 11) is 0. The molecule has 2 aliphatic rings. The lowest BCUT2D eigenvalue weighted by Crippen LogP contribution is -2.45. The number of nitrogens with zero attached hydrogens (tertiary/aromatic N) is 2. The van der Waals surface area contributed by atoms with E-state index in [1.807, 2.05) is 6.07 Å². The third kappa shape index (κ3) is 3.87. The van der Waals surface area contributed by atoms with Crippen LogP contribution in [0.25, 0.3) is 0 Å². The molecule has 3 heterocycles. The van der Waals surface area contributed by atoms with E-state index in [0.717, 1.165) is 12.3 Å². The highest BCUT2D eigenvalue weighted by Crippen LogP contribution is 2.25. The van der Waals surface area contributed by atoms with E-state index >= 15 is 0 Å². The predicted octanol–water partition coefficient (Wildman–Crippen LogP) is 2.49. The summed E-state index contributed by atoms with van der Waals surface area (Å²) in [6.45, 7) is 9.36. The second kappa shape index (κ2) is 7.43.